The number of fused-ring (bicyclic) bond motifs is 1. The normalized spacial score (nSPS) is 17.6. The van der Waals surface area contributed by atoms with E-state index in [9.17, 15) is 9.90 Å². The van der Waals surface area contributed by atoms with Crippen LogP contribution >= 0.6 is 0 Å². The first kappa shape index (κ1) is 21.9. The van der Waals surface area contributed by atoms with Crippen LogP contribution in [0.15, 0.2) is 60.8 Å². The van der Waals surface area contributed by atoms with Crippen LogP contribution in [-0.2, 0) is 0 Å². The molecule has 1 aromatic carbocycles. The van der Waals surface area contributed by atoms with Crippen molar-refractivity contribution in [2.45, 2.75) is 44.6 Å². The Labute approximate surface area is 204 Å². The second-order valence-corrected chi connectivity index (χ2v) is 9.74. The number of benzene rings is 1. The summed E-state index contributed by atoms with van der Waals surface area (Å²) in [7, 11) is 0. The van der Waals surface area contributed by atoms with E-state index in [0.29, 0.717) is 36.0 Å². The Hall–Kier alpha value is -3.58. The number of rotatable bonds is 5. The Morgan fingerprint density at radius 2 is 1.77 bits per heavy atom. The van der Waals surface area contributed by atoms with Crippen LogP contribution in [-0.4, -0.2) is 48.8 Å². The van der Waals surface area contributed by atoms with Gasteiger partial charge in [0.25, 0.3) is 5.91 Å². The molecule has 35 heavy (non-hydrogen) atoms. The van der Waals surface area contributed by atoms with Crippen LogP contribution in [0.1, 0.15) is 65.0 Å². The Morgan fingerprint density at radius 3 is 2.46 bits per heavy atom. The monoisotopic (exact) mass is 467 g/mol. The summed E-state index contributed by atoms with van der Waals surface area (Å²) in [6.07, 6.45) is 5.00. The Morgan fingerprint density at radius 1 is 1.03 bits per heavy atom. The minimum absolute atomic E-state index is 0.0237. The number of hydrogen-bond acceptors (Lipinski definition) is 5. The number of aliphatic hydroxyl groups is 1. The van der Waals surface area contributed by atoms with Crippen LogP contribution in [0.2, 0.25) is 0 Å². The maximum absolute atomic E-state index is 13.8. The van der Waals surface area contributed by atoms with Crippen LogP contribution in [0.5, 0.6) is 0 Å². The van der Waals surface area contributed by atoms with Gasteiger partial charge in [-0.05, 0) is 62.3 Å². The molecule has 178 valence electrons. The topological polar surface area (TPSA) is 84.1 Å². The second-order valence-electron chi connectivity index (χ2n) is 9.74. The van der Waals surface area contributed by atoms with Gasteiger partial charge in [0, 0.05) is 30.9 Å². The lowest BCUT2D eigenvalue weighted by molar-refractivity contribution is 0.0463. The number of carbonyl (C=O) groups is 1. The van der Waals surface area contributed by atoms with E-state index in [1.54, 1.807) is 10.9 Å². The zero-order valence-corrected chi connectivity index (χ0v) is 19.8. The lowest BCUT2D eigenvalue weighted by Gasteiger charge is -2.34. The minimum Gasteiger partial charge on any atom is -0.388 e. The molecule has 7 nitrogen and oxygen atoms in total. The number of piperidine rings is 1. The third-order valence-electron chi connectivity index (χ3n) is 7.34. The van der Waals surface area contributed by atoms with Gasteiger partial charge in [0.1, 0.15) is 0 Å². The van der Waals surface area contributed by atoms with Crippen LogP contribution in [0, 0.1) is 12.8 Å². The van der Waals surface area contributed by atoms with Gasteiger partial charge in [0.2, 0.25) is 0 Å². The molecular formula is C28H29N5O2. The molecule has 1 saturated heterocycles. The zero-order chi connectivity index (χ0) is 23.9. The predicted molar refractivity (Wildman–Crippen MR) is 133 cm³/mol. The summed E-state index contributed by atoms with van der Waals surface area (Å²) in [6, 6.07) is 17.5. The molecule has 2 aliphatic rings. The number of carbonyl (C=O) groups excluding carboxylic acids is 1. The highest BCUT2D eigenvalue weighted by atomic mass is 16.3. The zero-order valence-electron chi connectivity index (χ0n) is 19.8. The maximum atomic E-state index is 13.8. The summed E-state index contributed by atoms with van der Waals surface area (Å²) < 4.78 is 1.76. The van der Waals surface area contributed by atoms with Crippen LogP contribution < -0.4 is 0 Å². The molecule has 4 heterocycles. The lowest BCUT2D eigenvalue weighted by Crippen LogP contribution is -2.40. The average Bonchev–Trinajstić information content (AvgIpc) is 3.72. The summed E-state index contributed by atoms with van der Waals surface area (Å²) in [5, 5.41) is 16.4. The van der Waals surface area contributed by atoms with Crippen molar-refractivity contribution in [3.8, 4) is 5.82 Å². The number of pyridine rings is 2. The van der Waals surface area contributed by atoms with Crippen LogP contribution in [0.3, 0.4) is 0 Å². The molecule has 6 rings (SSSR count). The van der Waals surface area contributed by atoms with Crippen molar-refractivity contribution >= 4 is 16.9 Å². The quantitative estimate of drug-likeness (QED) is 0.464. The number of nitrogens with zero attached hydrogens (tertiary/aromatic N) is 5. The molecular weight excluding hydrogens is 438 g/mol. The number of aryl methyl sites for hydroxylation is 1. The Bertz CT molecular complexity index is 1360. The van der Waals surface area contributed by atoms with E-state index in [1.165, 1.54) is 0 Å². The van der Waals surface area contributed by atoms with E-state index in [-0.39, 0.29) is 11.8 Å². The summed E-state index contributed by atoms with van der Waals surface area (Å²) in [5.41, 5.74) is 4.06. The van der Waals surface area contributed by atoms with E-state index < -0.39 is 6.10 Å². The summed E-state index contributed by atoms with van der Waals surface area (Å²) in [4.78, 5) is 25.2. The average molecular weight is 468 g/mol. The van der Waals surface area contributed by atoms with E-state index in [1.807, 2.05) is 66.4 Å². The largest absolute Gasteiger partial charge is 0.388 e. The highest BCUT2D eigenvalue weighted by molar-refractivity contribution is 6.06. The molecule has 1 aliphatic carbocycles. The number of likely N-dealkylation sites (tertiary alicyclic amines) is 1. The Balaban J connectivity index is 1.31. The van der Waals surface area contributed by atoms with Crippen molar-refractivity contribution in [1.29, 1.82) is 0 Å². The van der Waals surface area contributed by atoms with E-state index in [0.717, 1.165) is 48.0 Å². The molecule has 0 spiro atoms. The molecule has 1 atom stereocenters. The lowest BCUT2D eigenvalue weighted by atomic mass is 9.87. The Kier molecular flexibility index (Phi) is 5.57. The van der Waals surface area contributed by atoms with E-state index in [4.69, 9.17) is 10.1 Å². The molecule has 1 aliphatic heterocycles. The van der Waals surface area contributed by atoms with Gasteiger partial charge in [-0.1, -0.05) is 36.4 Å². The molecule has 2 fully saturated rings. The fraction of sp³-hybridized carbons (Fsp3) is 0.357. The van der Waals surface area contributed by atoms with Crippen LogP contribution in [0.25, 0.3) is 16.9 Å². The molecule has 1 amide bonds. The van der Waals surface area contributed by atoms with Gasteiger partial charge in [-0.25, -0.2) is 9.97 Å². The first-order valence-electron chi connectivity index (χ1n) is 12.4. The van der Waals surface area contributed by atoms with Gasteiger partial charge in [-0.15, -0.1) is 0 Å². The molecule has 1 unspecified atom stereocenters. The summed E-state index contributed by atoms with van der Waals surface area (Å²) >= 11 is 0. The number of hydrogen-bond donors (Lipinski definition) is 1. The first-order chi connectivity index (χ1) is 17.1. The van der Waals surface area contributed by atoms with Gasteiger partial charge < -0.3 is 10.0 Å². The van der Waals surface area contributed by atoms with Gasteiger partial charge >= 0.3 is 0 Å². The van der Waals surface area contributed by atoms with E-state index in [2.05, 4.69) is 4.98 Å². The predicted octanol–water partition coefficient (Wildman–Crippen LogP) is 4.59. The molecule has 4 aromatic rings. The summed E-state index contributed by atoms with van der Waals surface area (Å²) in [6.45, 7) is 3.19. The fourth-order valence-electron chi connectivity index (χ4n) is 5.21. The SMILES string of the molecule is Cc1nn(-c2ccccn2)c2nc(C3CC3)cc(C(=O)N3CCC(C(O)c4ccccc4)CC3)c12. The number of amides is 1. The smallest absolute Gasteiger partial charge is 0.254 e. The third-order valence-corrected chi connectivity index (χ3v) is 7.34. The molecule has 0 radical (unpaired) electrons. The van der Waals surface area contributed by atoms with Gasteiger partial charge in [0.15, 0.2) is 11.5 Å². The van der Waals surface area contributed by atoms with Crippen molar-refractivity contribution < 1.29 is 9.90 Å². The molecule has 3 aromatic heterocycles. The van der Waals surface area contributed by atoms with Crippen molar-refractivity contribution in [2.24, 2.45) is 5.92 Å². The molecule has 1 N–H and O–H groups in total. The molecule has 0 bridgehead atoms. The third kappa shape index (κ3) is 4.10. The number of aliphatic hydroxyl groups excluding tert-OH is 1. The van der Waals surface area contributed by atoms with Gasteiger partial charge in [0.05, 0.1) is 22.7 Å². The maximum Gasteiger partial charge on any atom is 0.254 e. The van der Waals surface area contributed by atoms with Crippen molar-refractivity contribution in [2.75, 3.05) is 13.1 Å². The summed E-state index contributed by atoms with van der Waals surface area (Å²) in [5.74, 6) is 1.27. The van der Waals surface area contributed by atoms with Gasteiger partial charge in [-0.3, -0.25) is 4.79 Å². The van der Waals surface area contributed by atoms with Crippen molar-refractivity contribution in [3.63, 3.8) is 0 Å². The van der Waals surface area contributed by atoms with Gasteiger partial charge in [-0.2, -0.15) is 9.78 Å². The van der Waals surface area contributed by atoms with Crippen molar-refractivity contribution in [1.82, 2.24) is 24.6 Å². The highest BCUT2D eigenvalue weighted by Crippen LogP contribution is 2.41. The standard InChI is InChI=1S/C28H29N5O2/c1-18-25-22(28(35)32-15-12-21(13-16-32)26(34)20-7-3-2-4-8-20)17-23(19-10-11-19)30-27(25)33(31-18)24-9-5-6-14-29-24/h2-9,14,17,19,21,26,34H,10-13,15-16H2,1H3. The number of aromatic nitrogens is 4. The first-order valence-corrected chi connectivity index (χ1v) is 12.4. The molecule has 7 heteroatoms. The van der Waals surface area contributed by atoms with Crippen molar-refractivity contribution in [3.05, 3.63) is 83.3 Å². The minimum atomic E-state index is -0.499. The highest BCUT2D eigenvalue weighted by Gasteiger charge is 2.33. The molecule has 1 saturated carbocycles. The second kappa shape index (κ2) is 8.89. The van der Waals surface area contributed by atoms with Crippen LogP contribution in [0.4, 0.5) is 0 Å². The fourth-order valence-corrected chi connectivity index (χ4v) is 5.21. The van der Waals surface area contributed by atoms with E-state index >= 15 is 0 Å².